The van der Waals surface area contributed by atoms with Crippen LogP contribution in [0, 0.1) is 5.92 Å². The Hall–Kier alpha value is -0.710. The lowest BCUT2D eigenvalue weighted by Crippen LogP contribution is -2.48. The molecule has 0 aliphatic heterocycles. The molecule has 0 spiro atoms. The van der Waals surface area contributed by atoms with Crippen LogP contribution in [-0.2, 0) is 9.53 Å². The number of carbonyl (C=O) groups excluding carboxylic acids is 1. The van der Waals surface area contributed by atoms with E-state index in [1.807, 2.05) is 0 Å². The van der Waals surface area contributed by atoms with Gasteiger partial charge in [0.25, 0.3) is 0 Å². The molecule has 5 heteroatoms. The van der Waals surface area contributed by atoms with E-state index in [0.29, 0.717) is 19.3 Å². The Morgan fingerprint density at radius 1 is 1.43 bits per heavy atom. The number of nitrogens with two attached hydrogens (primary N) is 1. The van der Waals surface area contributed by atoms with Crippen LogP contribution >= 0.6 is 0 Å². The van der Waals surface area contributed by atoms with Gasteiger partial charge in [-0.2, -0.15) is 8.78 Å². The van der Waals surface area contributed by atoms with Crippen molar-refractivity contribution >= 4 is 5.97 Å². The lowest BCUT2D eigenvalue weighted by atomic mass is 9.81. The number of alkyl halides is 2. The van der Waals surface area contributed by atoms with Gasteiger partial charge in [0.1, 0.15) is 0 Å². The van der Waals surface area contributed by atoms with Crippen LogP contribution in [0.4, 0.5) is 8.78 Å². The van der Waals surface area contributed by atoms with Crippen molar-refractivity contribution < 1.29 is 18.3 Å². The van der Waals surface area contributed by atoms with Crippen molar-refractivity contribution in [3.63, 3.8) is 0 Å². The molecule has 82 valence electrons. The molecule has 0 aromatic heterocycles. The van der Waals surface area contributed by atoms with Crippen molar-refractivity contribution in [1.29, 1.82) is 0 Å². The predicted octanol–water partition coefficient (Wildman–Crippen LogP) is 1.31. The molecule has 1 fully saturated rings. The van der Waals surface area contributed by atoms with E-state index < -0.39 is 23.9 Å². The van der Waals surface area contributed by atoms with Crippen molar-refractivity contribution in [2.75, 3.05) is 7.11 Å². The standard InChI is InChI=1S/C9H15F2NO2/c1-14-8(13)9(10,11)6-4-2-3-5-7(6)12/h6-7H,2-5,12H2,1H3. The van der Waals surface area contributed by atoms with E-state index >= 15 is 0 Å². The largest absolute Gasteiger partial charge is 0.465 e. The highest BCUT2D eigenvalue weighted by molar-refractivity contribution is 5.77. The summed E-state index contributed by atoms with van der Waals surface area (Å²) in [7, 11) is 0.963. The smallest absolute Gasteiger partial charge is 0.377 e. The zero-order chi connectivity index (χ0) is 10.8. The second-order valence-electron chi connectivity index (χ2n) is 3.67. The molecule has 0 bridgehead atoms. The highest BCUT2D eigenvalue weighted by Gasteiger charge is 2.51. The van der Waals surface area contributed by atoms with Crippen LogP contribution in [0.15, 0.2) is 0 Å². The van der Waals surface area contributed by atoms with Crippen LogP contribution in [-0.4, -0.2) is 25.0 Å². The first-order valence-corrected chi connectivity index (χ1v) is 4.72. The zero-order valence-electron chi connectivity index (χ0n) is 8.13. The second-order valence-corrected chi connectivity index (χ2v) is 3.67. The molecule has 1 rings (SSSR count). The Kier molecular flexibility index (Phi) is 3.42. The summed E-state index contributed by atoms with van der Waals surface area (Å²) >= 11 is 0. The van der Waals surface area contributed by atoms with Crippen molar-refractivity contribution in [2.45, 2.75) is 37.6 Å². The third kappa shape index (κ3) is 2.03. The van der Waals surface area contributed by atoms with Gasteiger partial charge in [-0.05, 0) is 12.8 Å². The molecule has 0 saturated heterocycles. The van der Waals surface area contributed by atoms with E-state index in [2.05, 4.69) is 4.74 Å². The van der Waals surface area contributed by atoms with Crippen molar-refractivity contribution in [2.24, 2.45) is 11.7 Å². The van der Waals surface area contributed by atoms with Crippen molar-refractivity contribution in [1.82, 2.24) is 0 Å². The first-order chi connectivity index (χ1) is 6.50. The summed E-state index contributed by atoms with van der Waals surface area (Å²) in [6.07, 6.45) is 2.40. The van der Waals surface area contributed by atoms with Crippen LogP contribution < -0.4 is 5.73 Å². The zero-order valence-corrected chi connectivity index (χ0v) is 8.13. The molecule has 0 radical (unpaired) electrons. The van der Waals surface area contributed by atoms with Crippen LogP contribution in [0.3, 0.4) is 0 Å². The lowest BCUT2D eigenvalue weighted by molar-refractivity contribution is -0.180. The number of methoxy groups -OCH3 is 1. The molecule has 0 heterocycles. The molecule has 3 nitrogen and oxygen atoms in total. The normalized spacial score (nSPS) is 28.6. The fraction of sp³-hybridized carbons (Fsp3) is 0.889. The van der Waals surface area contributed by atoms with Crippen molar-refractivity contribution in [3.8, 4) is 0 Å². The number of esters is 1. The summed E-state index contributed by atoms with van der Waals surface area (Å²) in [6.45, 7) is 0. The van der Waals surface area contributed by atoms with E-state index in [0.717, 1.165) is 13.5 Å². The maximum absolute atomic E-state index is 13.4. The van der Waals surface area contributed by atoms with Gasteiger partial charge in [-0.1, -0.05) is 12.8 Å². The number of hydrogen-bond donors (Lipinski definition) is 1. The molecular weight excluding hydrogens is 192 g/mol. The number of ether oxygens (including phenoxy) is 1. The molecule has 0 aromatic rings. The second kappa shape index (κ2) is 4.21. The average Bonchev–Trinajstić information content (AvgIpc) is 2.17. The minimum Gasteiger partial charge on any atom is -0.465 e. The summed E-state index contributed by atoms with van der Waals surface area (Å²) in [5, 5.41) is 0. The molecule has 2 atom stereocenters. The number of hydrogen-bond acceptors (Lipinski definition) is 3. The first kappa shape index (κ1) is 11.4. The molecule has 1 aliphatic rings. The third-order valence-corrected chi connectivity index (χ3v) is 2.74. The maximum atomic E-state index is 13.4. The van der Waals surface area contributed by atoms with Gasteiger partial charge in [0.15, 0.2) is 0 Å². The van der Waals surface area contributed by atoms with Gasteiger partial charge >= 0.3 is 11.9 Å². The Morgan fingerprint density at radius 2 is 2.00 bits per heavy atom. The molecular formula is C9H15F2NO2. The monoisotopic (exact) mass is 207 g/mol. The van der Waals surface area contributed by atoms with E-state index in [-0.39, 0.29) is 0 Å². The molecule has 1 aliphatic carbocycles. The number of rotatable bonds is 2. The Bertz CT molecular complexity index is 221. The first-order valence-electron chi connectivity index (χ1n) is 4.72. The SMILES string of the molecule is COC(=O)C(F)(F)C1CCCCC1N. The van der Waals surface area contributed by atoms with Crippen LogP contribution in [0.25, 0.3) is 0 Å². The third-order valence-electron chi connectivity index (χ3n) is 2.74. The van der Waals surface area contributed by atoms with Crippen LogP contribution in [0.1, 0.15) is 25.7 Å². The van der Waals surface area contributed by atoms with Gasteiger partial charge in [0.05, 0.1) is 7.11 Å². The Balaban J connectivity index is 2.73. The quantitative estimate of drug-likeness (QED) is 0.694. The van der Waals surface area contributed by atoms with Gasteiger partial charge in [0.2, 0.25) is 0 Å². The van der Waals surface area contributed by atoms with Gasteiger partial charge in [-0.3, -0.25) is 0 Å². The summed E-state index contributed by atoms with van der Waals surface area (Å²) in [5.41, 5.74) is 5.57. The molecule has 0 amide bonds. The van der Waals surface area contributed by atoms with Gasteiger partial charge in [-0.15, -0.1) is 0 Å². The van der Waals surface area contributed by atoms with Crippen LogP contribution in [0.5, 0.6) is 0 Å². The van der Waals surface area contributed by atoms with E-state index in [1.54, 1.807) is 0 Å². The highest BCUT2D eigenvalue weighted by Crippen LogP contribution is 2.36. The highest BCUT2D eigenvalue weighted by atomic mass is 19.3. The summed E-state index contributed by atoms with van der Waals surface area (Å²) < 4.78 is 30.9. The minimum absolute atomic E-state index is 0.295. The van der Waals surface area contributed by atoms with Crippen molar-refractivity contribution in [3.05, 3.63) is 0 Å². The summed E-state index contributed by atoms with van der Waals surface area (Å²) in [5.74, 6) is -5.97. The number of halogens is 2. The van der Waals surface area contributed by atoms with Gasteiger partial charge in [0, 0.05) is 12.0 Å². The van der Waals surface area contributed by atoms with Gasteiger partial charge in [-0.25, -0.2) is 4.79 Å². The molecule has 14 heavy (non-hydrogen) atoms. The lowest BCUT2D eigenvalue weighted by Gasteiger charge is -2.32. The number of carbonyl (C=O) groups is 1. The fourth-order valence-corrected chi connectivity index (χ4v) is 1.90. The minimum atomic E-state index is -3.44. The van der Waals surface area contributed by atoms with E-state index in [9.17, 15) is 13.6 Å². The van der Waals surface area contributed by atoms with Crippen LogP contribution in [0.2, 0.25) is 0 Å². The van der Waals surface area contributed by atoms with E-state index in [4.69, 9.17) is 5.73 Å². The summed E-state index contributed by atoms with van der Waals surface area (Å²) in [6, 6.07) is -0.599. The molecule has 1 saturated carbocycles. The average molecular weight is 207 g/mol. The van der Waals surface area contributed by atoms with Gasteiger partial charge < -0.3 is 10.5 Å². The maximum Gasteiger partial charge on any atom is 0.377 e. The molecule has 0 aromatic carbocycles. The molecule has 2 N–H and O–H groups in total. The molecule has 2 unspecified atom stereocenters. The Morgan fingerprint density at radius 3 is 2.50 bits per heavy atom. The predicted molar refractivity (Wildman–Crippen MR) is 46.9 cm³/mol. The Labute approximate surface area is 81.6 Å². The fourth-order valence-electron chi connectivity index (χ4n) is 1.90. The summed E-state index contributed by atoms with van der Waals surface area (Å²) in [4.78, 5) is 10.9. The van der Waals surface area contributed by atoms with E-state index in [1.165, 1.54) is 0 Å². The topological polar surface area (TPSA) is 52.3 Å².